The van der Waals surface area contributed by atoms with Crippen molar-refractivity contribution in [1.82, 2.24) is 10.6 Å². The van der Waals surface area contributed by atoms with E-state index in [2.05, 4.69) is 38.3 Å². The van der Waals surface area contributed by atoms with E-state index < -0.39 is 0 Å². The van der Waals surface area contributed by atoms with Gasteiger partial charge in [-0.1, -0.05) is 27.7 Å². The summed E-state index contributed by atoms with van der Waals surface area (Å²) in [7, 11) is 0. The minimum atomic E-state index is 0.173. The number of nitrogens with one attached hydrogen (secondary N) is 2. The highest BCUT2D eigenvalue weighted by Crippen LogP contribution is 2.34. The Morgan fingerprint density at radius 1 is 1.28 bits per heavy atom. The average molecular weight is 254 g/mol. The molecule has 3 nitrogen and oxygen atoms in total. The summed E-state index contributed by atoms with van der Waals surface area (Å²) in [6.07, 6.45) is 5.70. The smallest absolute Gasteiger partial charge is 0.221 e. The number of hydrogen-bond acceptors (Lipinski definition) is 2. The molecule has 2 N–H and O–H groups in total. The zero-order valence-electron chi connectivity index (χ0n) is 12.5. The third kappa shape index (κ3) is 6.39. The van der Waals surface area contributed by atoms with Crippen LogP contribution in [0.2, 0.25) is 0 Å². The van der Waals surface area contributed by atoms with Gasteiger partial charge in [0.1, 0.15) is 0 Å². The molecule has 0 radical (unpaired) electrons. The zero-order chi connectivity index (χ0) is 13.6. The van der Waals surface area contributed by atoms with E-state index in [0.717, 1.165) is 13.1 Å². The van der Waals surface area contributed by atoms with Crippen LogP contribution in [0.3, 0.4) is 0 Å². The van der Waals surface area contributed by atoms with E-state index in [-0.39, 0.29) is 5.91 Å². The second-order valence-corrected chi connectivity index (χ2v) is 6.84. The molecule has 1 rings (SSSR count). The Hall–Kier alpha value is -0.570. The third-order valence-corrected chi connectivity index (χ3v) is 3.83. The molecule has 1 amide bonds. The molecule has 1 fully saturated rings. The maximum atomic E-state index is 11.5. The van der Waals surface area contributed by atoms with Crippen molar-refractivity contribution >= 4 is 5.91 Å². The molecule has 0 saturated heterocycles. The van der Waals surface area contributed by atoms with Crippen LogP contribution in [0, 0.1) is 11.3 Å². The van der Waals surface area contributed by atoms with Crippen LogP contribution < -0.4 is 10.6 Å². The summed E-state index contributed by atoms with van der Waals surface area (Å²) < 4.78 is 0. The van der Waals surface area contributed by atoms with Gasteiger partial charge in [0.25, 0.3) is 0 Å². The maximum Gasteiger partial charge on any atom is 0.221 e. The summed E-state index contributed by atoms with van der Waals surface area (Å²) >= 11 is 0. The molecule has 1 aliphatic carbocycles. The van der Waals surface area contributed by atoms with Crippen molar-refractivity contribution in [3.05, 3.63) is 0 Å². The fourth-order valence-corrected chi connectivity index (χ4v) is 2.40. The van der Waals surface area contributed by atoms with Crippen LogP contribution in [0.5, 0.6) is 0 Å². The van der Waals surface area contributed by atoms with Crippen LogP contribution in [0.25, 0.3) is 0 Å². The molecule has 0 aliphatic heterocycles. The van der Waals surface area contributed by atoms with Crippen molar-refractivity contribution in [2.24, 2.45) is 11.3 Å². The second-order valence-electron chi connectivity index (χ2n) is 6.84. The molecule has 18 heavy (non-hydrogen) atoms. The lowest BCUT2D eigenvalue weighted by Gasteiger charge is -2.34. The first-order valence-electron chi connectivity index (χ1n) is 7.39. The van der Waals surface area contributed by atoms with E-state index in [0.29, 0.717) is 23.8 Å². The van der Waals surface area contributed by atoms with Crippen molar-refractivity contribution in [2.75, 3.05) is 13.1 Å². The van der Waals surface area contributed by atoms with E-state index in [9.17, 15) is 4.79 Å². The van der Waals surface area contributed by atoms with Gasteiger partial charge in [-0.15, -0.1) is 0 Å². The van der Waals surface area contributed by atoms with Crippen molar-refractivity contribution in [3.63, 3.8) is 0 Å². The van der Waals surface area contributed by atoms with Crippen molar-refractivity contribution in [3.8, 4) is 0 Å². The van der Waals surface area contributed by atoms with Crippen LogP contribution in [-0.2, 0) is 4.79 Å². The van der Waals surface area contributed by atoms with Gasteiger partial charge in [-0.3, -0.25) is 4.79 Å². The Morgan fingerprint density at radius 2 is 1.89 bits per heavy atom. The Bertz CT molecular complexity index is 251. The van der Waals surface area contributed by atoms with E-state index in [1.807, 2.05) is 0 Å². The van der Waals surface area contributed by atoms with Crippen molar-refractivity contribution in [1.29, 1.82) is 0 Å². The monoisotopic (exact) mass is 254 g/mol. The molecule has 0 aromatic heterocycles. The topological polar surface area (TPSA) is 41.1 Å². The Kier molecular flexibility index (Phi) is 6.13. The first-order valence-corrected chi connectivity index (χ1v) is 7.39. The second kappa shape index (κ2) is 7.13. The van der Waals surface area contributed by atoms with E-state index in [4.69, 9.17) is 0 Å². The van der Waals surface area contributed by atoms with Crippen molar-refractivity contribution < 1.29 is 4.79 Å². The fourth-order valence-electron chi connectivity index (χ4n) is 2.40. The lowest BCUT2D eigenvalue weighted by molar-refractivity contribution is -0.121. The van der Waals surface area contributed by atoms with E-state index in [1.54, 1.807) is 0 Å². The fraction of sp³-hybridized carbons (Fsp3) is 0.933. The SMILES string of the molecule is CC(C)CNC(=O)CCNC1CCC(C)(C)CC1. The summed E-state index contributed by atoms with van der Waals surface area (Å²) in [5.41, 5.74) is 0.521. The minimum absolute atomic E-state index is 0.173. The Labute approximate surface area is 112 Å². The predicted octanol–water partition coefficient (Wildman–Crippen LogP) is 2.71. The molecular weight excluding hydrogens is 224 g/mol. The molecule has 0 aromatic carbocycles. The summed E-state index contributed by atoms with van der Waals surface area (Å²) in [4.78, 5) is 11.5. The van der Waals surface area contributed by atoms with Crippen molar-refractivity contribution in [2.45, 2.75) is 65.8 Å². The average Bonchev–Trinajstić information content (AvgIpc) is 2.29. The number of carbonyl (C=O) groups is 1. The molecular formula is C15H30N2O. The minimum Gasteiger partial charge on any atom is -0.356 e. The lowest BCUT2D eigenvalue weighted by Crippen LogP contribution is -2.38. The van der Waals surface area contributed by atoms with Gasteiger partial charge in [-0.05, 0) is 37.0 Å². The molecule has 106 valence electrons. The molecule has 1 saturated carbocycles. The maximum absolute atomic E-state index is 11.5. The van der Waals surface area contributed by atoms with Gasteiger partial charge in [0.15, 0.2) is 0 Å². The number of amides is 1. The largest absolute Gasteiger partial charge is 0.356 e. The third-order valence-electron chi connectivity index (χ3n) is 3.83. The van der Waals surface area contributed by atoms with E-state index >= 15 is 0 Å². The quantitative estimate of drug-likeness (QED) is 0.765. The molecule has 0 heterocycles. The van der Waals surface area contributed by atoms with Gasteiger partial charge in [0.05, 0.1) is 0 Å². The molecule has 0 spiro atoms. The number of hydrogen-bond donors (Lipinski definition) is 2. The Balaban J connectivity index is 2.06. The van der Waals surface area contributed by atoms with Gasteiger partial charge in [0, 0.05) is 25.6 Å². The number of carbonyl (C=O) groups excluding carboxylic acids is 1. The van der Waals surface area contributed by atoms with Gasteiger partial charge in [-0.25, -0.2) is 0 Å². The van der Waals surface area contributed by atoms with Gasteiger partial charge < -0.3 is 10.6 Å². The van der Waals surface area contributed by atoms with E-state index in [1.165, 1.54) is 25.7 Å². The lowest BCUT2D eigenvalue weighted by atomic mass is 9.75. The molecule has 0 unspecified atom stereocenters. The van der Waals surface area contributed by atoms with Gasteiger partial charge >= 0.3 is 0 Å². The molecule has 0 aromatic rings. The first kappa shape index (κ1) is 15.5. The molecule has 0 bridgehead atoms. The summed E-state index contributed by atoms with van der Waals surface area (Å²) in [6.45, 7) is 10.5. The standard InChI is InChI=1S/C15H30N2O/c1-12(2)11-17-14(18)7-10-16-13-5-8-15(3,4)9-6-13/h12-13,16H,5-11H2,1-4H3,(H,17,18). The molecule has 1 aliphatic rings. The normalized spacial score (nSPS) is 20.1. The van der Waals surface area contributed by atoms with Gasteiger partial charge in [0.2, 0.25) is 5.91 Å². The van der Waals surface area contributed by atoms with Crippen LogP contribution in [-0.4, -0.2) is 25.0 Å². The highest BCUT2D eigenvalue weighted by atomic mass is 16.1. The summed E-state index contributed by atoms with van der Waals surface area (Å²) in [6, 6.07) is 0.621. The van der Waals surface area contributed by atoms with Crippen LogP contribution in [0.1, 0.15) is 59.8 Å². The first-order chi connectivity index (χ1) is 8.39. The molecule has 3 heteroatoms. The summed E-state index contributed by atoms with van der Waals surface area (Å²) in [5.74, 6) is 0.704. The van der Waals surface area contributed by atoms with Crippen LogP contribution >= 0.6 is 0 Å². The number of rotatable bonds is 6. The van der Waals surface area contributed by atoms with Gasteiger partial charge in [-0.2, -0.15) is 0 Å². The summed E-state index contributed by atoms with van der Waals surface area (Å²) in [5, 5.41) is 6.47. The highest BCUT2D eigenvalue weighted by Gasteiger charge is 2.26. The molecule has 0 atom stereocenters. The van der Waals surface area contributed by atoms with Crippen LogP contribution in [0.15, 0.2) is 0 Å². The Morgan fingerprint density at radius 3 is 2.44 bits per heavy atom. The predicted molar refractivity (Wildman–Crippen MR) is 76.5 cm³/mol. The van der Waals surface area contributed by atoms with Crippen LogP contribution in [0.4, 0.5) is 0 Å². The zero-order valence-corrected chi connectivity index (χ0v) is 12.5. The highest BCUT2D eigenvalue weighted by molar-refractivity contribution is 5.76.